The van der Waals surface area contributed by atoms with Crippen LogP contribution in [0.4, 0.5) is 5.69 Å². The fourth-order valence-electron chi connectivity index (χ4n) is 3.96. The first-order chi connectivity index (χ1) is 15.5. The van der Waals surface area contributed by atoms with Crippen molar-refractivity contribution in [3.63, 3.8) is 0 Å². The van der Waals surface area contributed by atoms with Crippen LogP contribution in [0.1, 0.15) is 24.8 Å². The van der Waals surface area contributed by atoms with E-state index in [-0.39, 0.29) is 5.91 Å². The molecule has 2 aromatic carbocycles. The summed E-state index contributed by atoms with van der Waals surface area (Å²) in [6.45, 7) is 9.13. The molecule has 1 amide bonds. The maximum Gasteiger partial charge on any atom is 0.221 e. The number of anilines is 1. The first-order valence-corrected chi connectivity index (χ1v) is 10.8. The van der Waals surface area contributed by atoms with Gasteiger partial charge >= 0.3 is 0 Å². The molecule has 0 spiro atoms. The number of carbonyl (C=O) groups is 1. The summed E-state index contributed by atoms with van der Waals surface area (Å²) < 4.78 is 17.1. The van der Waals surface area contributed by atoms with Crippen LogP contribution in [0.25, 0.3) is 22.3 Å². The lowest BCUT2D eigenvalue weighted by Gasteiger charge is -2.30. The molecular weight excluding hydrogens is 406 g/mol. The normalized spacial score (nSPS) is 13.5. The van der Waals surface area contributed by atoms with E-state index < -0.39 is 0 Å². The molecule has 7 nitrogen and oxygen atoms in total. The standard InChI is InChI=1S/C25H29N3O4/c1-16-25(17(2)32-27-16)22-14-19(6-9-24(22)31-13-12-28-10-5-11-28)21-15-20(30-4)7-8-23(21)26-18(3)29/h6-9,14-15H,5,10-13H2,1-4H3,(H,26,29). The molecule has 7 heteroatoms. The van der Waals surface area contributed by atoms with Gasteiger partial charge in [0.05, 0.1) is 18.4 Å². The number of methoxy groups -OCH3 is 1. The fraction of sp³-hybridized carbons (Fsp3) is 0.360. The Morgan fingerprint density at radius 1 is 1.16 bits per heavy atom. The van der Waals surface area contributed by atoms with Crippen LogP contribution in [-0.2, 0) is 4.79 Å². The number of amides is 1. The molecule has 3 aromatic rings. The molecule has 32 heavy (non-hydrogen) atoms. The van der Waals surface area contributed by atoms with Crippen LogP contribution in [0.5, 0.6) is 11.5 Å². The number of hydrogen-bond donors (Lipinski definition) is 1. The molecule has 1 N–H and O–H groups in total. The Balaban J connectivity index is 1.76. The first-order valence-electron chi connectivity index (χ1n) is 10.8. The molecule has 4 rings (SSSR count). The van der Waals surface area contributed by atoms with E-state index in [0.29, 0.717) is 12.4 Å². The predicted octanol–water partition coefficient (Wildman–Crippen LogP) is 4.68. The Morgan fingerprint density at radius 3 is 2.59 bits per heavy atom. The molecule has 1 aliphatic heterocycles. The van der Waals surface area contributed by atoms with Crippen molar-refractivity contribution in [1.82, 2.24) is 10.1 Å². The molecule has 1 fully saturated rings. The van der Waals surface area contributed by atoms with Crippen LogP contribution in [0.15, 0.2) is 40.9 Å². The minimum Gasteiger partial charge on any atom is -0.497 e. The van der Waals surface area contributed by atoms with Crippen molar-refractivity contribution >= 4 is 11.6 Å². The number of nitrogens with zero attached hydrogens (tertiary/aromatic N) is 2. The third-order valence-corrected chi connectivity index (χ3v) is 5.74. The fourth-order valence-corrected chi connectivity index (χ4v) is 3.96. The summed E-state index contributed by atoms with van der Waals surface area (Å²) in [5.74, 6) is 2.10. The molecule has 0 atom stereocenters. The summed E-state index contributed by atoms with van der Waals surface area (Å²) in [6.07, 6.45) is 1.26. The molecule has 0 bridgehead atoms. The van der Waals surface area contributed by atoms with E-state index in [1.165, 1.54) is 13.3 Å². The Bertz CT molecular complexity index is 1100. The highest BCUT2D eigenvalue weighted by atomic mass is 16.5. The average molecular weight is 436 g/mol. The second-order valence-corrected chi connectivity index (χ2v) is 8.05. The highest BCUT2D eigenvalue weighted by molar-refractivity contribution is 5.95. The van der Waals surface area contributed by atoms with Crippen molar-refractivity contribution in [2.24, 2.45) is 0 Å². The quantitative estimate of drug-likeness (QED) is 0.554. The number of benzene rings is 2. The predicted molar refractivity (Wildman–Crippen MR) is 124 cm³/mol. The summed E-state index contributed by atoms with van der Waals surface area (Å²) in [5, 5.41) is 7.05. The molecule has 168 valence electrons. The third-order valence-electron chi connectivity index (χ3n) is 5.74. The van der Waals surface area contributed by atoms with Crippen LogP contribution in [0, 0.1) is 13.8 Å². The molecule has 1 aliphatic rings. The van der Waals surface area contributed by atoms with E-state index in [1.807, 2.05) is 44.2 Å². The lowest BCUT2D eigenvalue weighted by Crippen LogP contribution is -2.39. The van der Waals surface area contributed by atoms with Gasteiger partial charge in [-0.15, -0.1) is 0 Å². The first kappa shape index (κ1) is 21.9. The summed E-state index contributed by atoms with van der Waals surface area (Å²) in [5.41, 5.74) is 5.15. The largest absolute Gasteiger partial charge is 0.497 e. The number of likely N-dealkylation sites (tertiary alicyclic amines) is 1. The van der Waals surface area contributed by atoms with E-state index >= 15 is 0 Å². The zero-order valence-electron chi connectivity index (χ0n) is 19.0. The zero-order chi connectivity index (χ0) is 22.7. The Labute approximate surface area is 188 Å². The van der Waals surface area contributed by atoms with E-state index in [9.17, 15) is 4.79 Å². The van der Waals surface area contributed by atoms with Gasteiger partial charge in [-0.25, -0.2) is 0 Å². The van der Waals surface area contributed by atoms with Crippen LogP contribution in [0.2, 0.25) is 0 Å². The maximum absolute atomic E-state index is 11.8. The van der Waals surface area contributed by atoms with Gasteiger partial charge in [0.15, 0.2) is 0 Å². The number of nitrogens with one attached hydrogen (secondary N) is 1. The molecule has 1 saturated heterocycles. The second-order valence-electron chi connectivity index (χ2n) is 8.05. The number of hydrogen-bond acceptors (Lipinski definition) is 6. The van der Waals surface area contributed by atoms with Crippen molar-refractivity contribution in [3.8, 4) is 33.8 Å². The number of carbonyl (C=O) groups excluding carboxylic acids is 1. The number of aryl methyl sites for hydroxylation is 2. The van der Waals surface area contributed by atoms with Gasteiger partial charge in [-0.3, -0.25) is 9.69 Å². The van der Waals surface area contributed by atoms with Crippen molar-refractivity contribution in [1.29, 1.82) is 0 Å². The number of ether oxygens (including phenoxy) is 2. The van der Waals surface area contributed by atoms with Gasteiger partial charge < -0.3 is 19.3 Å². The molecule has 0 aliphatic carbocycles. The summed E-state index contributed by atoms with van der Waals surface area (Å²) >= 11 is 0. The molecule has 0 unspecified atom stereocenters. The summed E-state index contributed by atoms with van der Waals surface area (Å²) in [6, 6.07) is 11.6. The minimum atomic E-state index is -0.131. The van der Waals surface area contributed by atoms with Crippen LogP contribution >= 0.6 is 0 Å². The smallest absolute Gasteiger partial charge is 0.221 e. The topological polar surface area (TPSA) is 76.8 Å². The van der Waals surface area contributed by atoms with E-state index in [4.69, 9.17) is 14.0 Å². The zero-order valence-corrected chi connectivity index (χ0v) is 19.0. The number of aromatic nitrogens is 1. The third kappa shape index (κ3) is 4.62. The molecule has 0 radical (unpaired) electrons. The van der Waals surface area contributed by atoms with E-state index in [0.717, 1.165) is 64.8 Å². The Hall–Kier alpha value is -3.32. The number of rotatable bonds is 8. The van der Waals surface area contributed by atoms with Gasteiger partial charge in [0, 0.05) is 30.3 Å². The van der Waals surface area contributed by atoms with Gasteiger partial charge in [-0.1, -0.05) is 11.2 Å². The molecule has 1 aromatic heterocycles. The lowest BCUT2D eigenvalue weighted by atomic mass is 9.96. The van der Waals surface area contributed by atoms with Crippen molar-refractivity contribution in [3.05, 3.63) is 47.9 Å². The molecule has 0 saturated carbocycles. The highest BCUT2D eigenvalue weighted by Crippen LogP contribution is 2.40. The monoisotopic (exact) mass is 435 g/mol. The van der Waals surface area contributed by atoms with Crippen molar-refractivity contribution in [2.45, 2.75) is 27.2 Å². The second kappa shape index (κ2) is 9.44. The summed E-state index contributed by atoms with van der Waals surface area (Å²) in [7, 11) is 1.63. The van der Waals surface area contributed by atoms with Gasteiger partial charge in [-0.2, -0.15) is 0 Å². The Morgan fingerprint density at radius 2 is 1.97 bits per heavy atom. The van der Waals surface area contributed by atoms with Gasteiger partial charge in [0.2, 0.25) is 5.91 Å². The molecular formula is C25H29N3O4. The van der Waals surface area contributed by atoms with Crippen molar-refractivity contribution < 1.29 is 18.8 Å². The lowest BCUT2D eigenvalue weighted by molar-refractivity contribution is -0.114. The highest BCUT2D eigenvalue weighted by Gasteiger charge is 2.19. The van der Waals surface area contributed by atoms with Crippen LogP contribution in [-0.4, -0.2) is 49.3 Å². The van der Waals surface area contributed by atoms with E-state index in [1.54, 1.807) is 7.11 Å². The van der Waals surface area contributed by atoms with Gasteiger partial charge in [0.1, 0.15) is 23.9 Å². The van der Waals surface area contributed by atoms with Crippen molar-refractivity contribution in [2.75, 3.05) is 38.7 Å². The van der Waals surface area contributed by atoms with Gasteiger partial charge in [-0.05, 0) is 69.3 Å². The van der Waals surface area contributed by atoms with Crippen LogP contribution < -0.4 is 14.8 Å². The summed E-state index contributed by atoms with van der Waals surface area (Å²) in [4.78, 5) is 14.1. The maximum atomic E-state index is 11.8. The average Bonchev–Trinajstić information content (AvgIpc) is 3.08. The minimum absolute atomic E-state index is 0.131. The Kier molecular flexibility index (Phi) is 6.46. The van der Waals surface area contributed by atoms with Crippen LogP contribution in [0.3, 0.4) is 0 Å². The van der Waals surface area contributed by atoms with E-state index in [2.05, 4.69) is 21.4 Å². The SMILES string of the molecule is COc1ccc(NC(C)=O)c(-c2ccc(OCCN3CCC3)c(-c3c(C)noc3C)c2)c1. The van der Waals surface area contributed by atoms with Gasteiger partial charge in [0.25, 0.3) is 0 Å². The molecule has 2 heterocycles.